The molecular weight excluding hydrogens is 204 g/mol. The molecule has 0 aromatic carbocycles. The van der Waals surface area contributed by atoms with Crippen LogP contribution >= 0.6 is 11.8 Å². The molecule has 2 fully saturated rings. The van der Waals surface area contributed by atoms with E-state index < -0.39 is 0 Å². The van der Waals surface area contributed by atoms with Crippen LogP contribution in [0.3, 0.4) is 0 Å². The maximum Gasteiger partial charge on any atom is 0.0309 e. The summed E-state index contributed by atoms with van der Waals surface area (Å²) in [7, 11) is 0. The van der Waals surface area contributed by atoms with Gasteiger partial charge in [0.1, 0.15) is 0 Å². The smallest absolute Gasteiger partial charge is 0.0309 e. The largest absolute Gasteiger partial charge is 0.309 e. The molecule has 0 unspecified atom stereocenters. The number of piperazine rings is 1. The SMILES string of the molecule is CCSCCN1CCNC2(CCCC2)C1. The first kappa shape index (κ1) is 11.7. The predicted octanol–water partition coefficient (Wildman–Crippen LogP) is 1.96. The average molecular weight is 228 g/mol. The summed E-state index contributed by atoms with van der Waals surface area (Å²) in [5.74, 6) is 2.57. The fourth-order valence-electron chi connectivity index (χ4n) is 2.96. The van der Waals surface area contributed by atoms with Crippen LogP contribution in [0.4, 0.5) is 0 Å². The van der Waals surface area contributed by atoms with E-state index in [4.69, 9.17) is 0 Å². The molecule has 1 aliphatic heterocycles. The van der Waals surface area contributed by atoms with Crippen LogP contribution in [0.5, 0.6) is 0 Å². The summed E-state index contributed by atoms with van der Waals surface area (Å²) in [6, 6.07) is 0. The minimum atomic E-state index is 0.509. The van der Waals surface area contributed by atoms with Crippen LogP contribution in [0.2, 0.25) is 0 Å². The molecule has 0 aromatic heterocycles. The number of hydrogen-bond acceptors (Lipinski definition) is 3. The van der Waals surface area contributed by atoms with Gasteiger partial charge in [0.2, 0.25) is 0 Å². The zero-order valence-electron chi connectivity index (χ0n) is 9.93. The maximum absolute atomic E-state index is 3.77. The van der Waals surface area contributed by atoms with Crippen LogP contribution in [0, 0.1) is 0 Å². The third-order valence-electron chi connectivity index (χ3n) is 3.77. The van der Waals surface area contributed by atoms with Gasteiger partial charge in [0.25, 0.3) is 0 Å². The Kier molecular flexibility index (Phi) is 4.35. The first-order chi connectivity index (χ1) is 7.35. The Labute approximate surface area is 98.2 Å². The van der Waals surface area contributed by atoms with Gasteiger partial charge in [-0.2, -0.15) is 11.8 Å². The molecule has 2 nitrogen and oxygen atoms in total. The molecule has 1 spiro atoms. The van der Waals surface area contributed by atoms with Gasteiger partial charge >= 0.3 is 0 Å². The number of hydrogen-bond donors (Lipinski definition) is 1. The topological polar surface area (TPSA) is 15.3 Å². The zero-order valence-corrected chi connectivity index (χ0v) is 10.7. The van der Waals surface area contributed by atoms with Gasteiger partial charge in [-0.3, -0.25) is 4.90 Å². The Morgan fingerprint density at radius 3 is 2.87 bits per heavy atom. The summed E-state index contributed by atoms with van der Waals surface area (Å²) >= 11 is 2.07. The summed E-state index contributed by atoms with van der Waals surface area (Å²) in [5, 5.41) is 3.77. The highest BCUT2D eigenvalue weighted by atomic mass is 32.2. The molecule has 0 aromatic rings. The van der Waals surface area contributed by atoms with Crippen molar-refractivity contribution in [2.24, 2.45) is 0 Å². The standard InChI is InChI=1S/C12H24N2S/c1-2-15-10-9-14-8-7-13-12(11-14)5-3-4-6-12/h13H,2-11H2,1H3. The highest BCUT2D eigenvalue weighted by molar-refractivity contribution is 7.99. The van der Waals surface area contributed by atoms with E-state index in [9.17, 15) is 0 Å². The van der Waals surface area contributed by atoms with Crippen molar-refractivity contribution in [3.8, 4) is 0 Å². The van der Waals surface area contributed by atoms with Crippen molar-refractivity contribution in [2.75, 3.05) is 37.7 Å². The van der Waals surface area contributed by atoms with Crippen LogP contribution in [0.1, 0.15) is 32.6 Å². The van der Waals surface area contributed by atoms with Crippen molar-refractivity contribution in [1.29, 1.82) is 0 Å². The van der Waals surface area contributed by atoms with Gasteiger partial charge in [-0.1, -0.05) is 19.8 Å². The zero-order chi connectivity index (χ0) is 10.6. The monoisotopic (exact) mass is 228 g/mol. The molecular formula is C12H24N2S. The Bertz CT molecular complexity index is 190. The van der Waals surface area contributed by atoms with Gasteiger partial charge in [-0.25, -0.2) is 0 Å². The van der Waals surface area contributed by atoms with E-state index in [1.807, 2.05) is 0 Å². The second-order valence-electron chi connectivity index (χ2n) is 4.89. The van der Waals surface area contributed by atoms with Gasteiger partial charge in [0.05, 0.1) is 0 Å². The molecule has 88 valence electrons. The summed E-state index contributed by atoms with van der Waals surface area (Å²) in [6.07, 6.45) is 5.68. The van der Waals surface area contributed by atoms with E-state index in [2.05, 4.69) is 28.9 Å². The van der Waals surface area contributed by atoms with Crippen molar-refractivity contribution in [3.05, 3.63) is 0 Å². The number of thioether (sulfide) groups is 1. The summed E-state index contributed by atoms with van der Waals surface area (Å²) in [6.45, 7) is 7.31. The molecule has 0 amide bonds. The highest BCUT2D eigenvalue weighted by Crippen LogP contribution is 2.31. The van der Waals surface area contributed by atoms with E-state index in [0.29, 0.717) is 5.54 Å². The molecule has 0 bridgehead atoms. The van der Waals surface area contributed by atoms with Gasteiger partial charge in [0.15, 0.2) is 0 Å². The van der Waals surface area contributed by atoms with Gasteiger partial charge in [0, 0.05) is 37.5 Å². The third kappa shape index (κ3) is 3.11. The Hall–Kier alpha value is 0.270. The van der Waals surface area contributed by atoms with Gasteiger partial charge in [-0.15, -0.1) is 0 Å². The normalized spacial score (nSPS) is 26.2. The second-order valence-corrected chi connectivity index (χ2v) is 6.28. The Balaban J connectivity index is 1.76. The van der Waals surface area contributed by atoms with Crippen LogP contribution in [0.25, 0.3) is 0 Å². The Morgan fingerprint density at radius 2 is 2.13 bits per heavy atom. The first-order valence-electron chi connectivity index (χ1n) is 6.40. The van der Waals surface area contributed by atoms with Crippen LogP contribution in [0.15, 0.2) is 0 Å². The van der Waals surface area contributed by atoms with Crippen LogP contribution < -0.4 is 5.32 Å². The molecule has 0 radical (unpaired) electrons. The van der Waals surface area contributed by atoms with E-state index in [-0.39, 0.29) is 0 Å². The molecule has 2 rings (SSSR count). The third-order valence-corrected chi connectivity index (χ3v) is 4.65. The quantitative estimate of drug-likeness (QED) is 0.741. The summed E-state index contributed by atoms with van der Waals surface area (Å²) in [4.78, 5) is 2.67. The summed E-state index contributed by atoms with van der Waals surface area (Å²) in [5.41, 5.74) is 0.509. The van der Waals surface area contributed by atoms with Crippen molar-refractivity contribution >= 4 is 11.8 Å². The molecule has 1 aliphatic carbocycles. The number of nitrogens with zero attached hydrogens (tertiary/aromatic N) is 1. The molecule has 2 aliphatic rings. The lowest BCUT2D eigenvalue weighted by Gasteiger charge is -2.41. The fraction of sp³-hybridized carbons (Fsp3) is 1.00. The lowest BCUT2D eigenvalue weighted by molar-refractivity contribution is 0.142. The minimum Gasteiger partial charge on any atom is -0.309 e. The van der Waals surface area contributed by atoms with Gasteiger partial charge < -0.3 is 5.32 Å². The van der Waals surface area contributed by atoms with E-state index in [0.717, 1.165) is 0 Å². The minimum absolute atomic E-state index is 0.509. The highest BCUT2D eigenvalue weighted by Gasteiger charge is 2.37. The number of rotatable bonds is 4. The maximum atomic E-state index is 3.77. The molecule has 3 heteroatoms. The molecule has 1 saturated heterocycles. The molecule has 15 heavy (non-hydrogen) atoms. The molecule has 1 heterocycles. The first-order valence-corrected chi connectivity index (χ1v) is 7.55. The lowest BCUT2D eigenvalue weighted by Crippen LogP contribution is -2.59. The molecule has 0 atom stereocenters. The predicted molar refractivity (Wildman–Crippen MR) is 68.6 cm³/mol. The lowest BCUT2D eigenvalue weighted by atomic mass is 9.95. The van der Waals surface area contributed by atoms with Crippen molar-refractivity contribution in [1.82, 2.24) is 10.2 Å². The van der Waals surface area contributed by atoms with E-state index >= 15 is 0 Å². The van der Waals surface area contributed by atoms with Crippen molar-refractivity contribution < 1.29 is 0 Å². The van der Waals surface area contributed by atoms with Crippen LogP contribution in [-0.4, -0.2) is 48.1 Å². The van der Waals surface area contributed by atoms with Crippen molar-refractivity contribution in [2.45, 2.75) is 38.1 Å². The number of nitrogens with one attached hydrogen (secondary N) is 1. The molecule has 1 saturated carbocycles. The van der Waals surface area contributed by atoms with Crippen molar-refractivity contribution in [3.63, 3.8) is 0 Å². The summed E-state index contributed by atoms with van der Waals surface area (Å²) < 4.78 is 0. The molecule has 1 N–H and O–H groups in total. The second kappa shape index (κ2) is 5.55. The van der Waals surface area contributed by atoms with E-state index in [1.54, 1.807) is 0 Å². The average Bonchev–Trinajstić information content (AvgIpc) is 2.67. The van der Waals surface area contributed by atoms with E-state index in [1.165, 1.54) is 63.4 Å². The van der Waals surface area contributed by atoms with Crippen LogP contribution in [-0.2, 0) is 0 Å². The fourth-order valence-corrected chi connectivity index (χ4v) is 3.63. The Morgan fingerprint density at radius 1 is 1.33 bits per heavy atom. The van der Waals surface area contributed by atoms with Gasteiger partial charge in [-0.05, 0) is 18.6 Å².